The van der Waals surface area contributed by atoms with Crippen LogP contribution in [-0.4, -0.2) is 17.2 Å². The van der Waals surface area contributed by atoms with Crippen LogP contribution >= 0.6 is 11.6 Å². The monoisotopic (exact) mass is 417 g/mol. The second-order valence-electron chi connectivity index (χ2n) is 8.11. The van der Waals surface area contributed by atoms with Crippen LogP contribution in [0.15, 0.2) is 96.0 Å². The number of hydrogen-bond donors (Lipinski definition) is 0. The van der Waals surface area contributed by atoms with Crippen molar-refractivity contribution in [2.75, 3.05) is 0 Å². The number of alkyl halides is 1. The van der Waals surface area contributed by atoms with Crippen molar-refractivity contribution in [2.45, 2.75) is 43.9 Å². The quantitative estimate of drug-likeness (QED) is 0.418. The van der Waals surface area contributed by atoms with Gasteiger partial charge in [0.15, 0.2) is 0 Å². The lowest BCUT2D eigenvalue weighted by molar-refractivity contribution is -0.123. The maximum atomic E-state index is 6.88. The normalized spacial score (nSPS) is 25.9. The van der Waals surface area contributed by atoms with E-state index in [1.54, 1.807) is 0 Å². The number of benzene rings is 3. The molecule has 0 aliphatic carbocycles. The zero-order valence-electron chi connectivity index (χ0n) is 17.7. The van der Waals surface area contributed by atoms with E-state index in [4.69, 9.17) is 21.3 Å². The molecular formula is C27H28ClNO. The second-order valence-corrected chi connectivity index (χ2v) is 8.77. The van der Waals surface area contributed by atoms with Crippen molar-refractivity contribution in [1.29, 1.82) is 0 Å². The predicted molar refractivity (Wildman–Crippen MR) is 125 cm³/mol. The second kappa shape index (κ2) is 8.75. The molecule has 1 aliphatic rings. The molecule has 0 saturated heterocycles. The van der Waals surface area contributed by atoms with Crippen molar-refractivity contribution in [3.63, 3.8) is 0 Å². The molecule has 3 aromatic carbocycles. The summed E-state index contributed by atoms with van der Waals surface area (Å²) in [7, 11) is 0. The molecule has 30 heavy (non-hydrogen) atoms. The molecule has 154 valence electrons. The van der Waals surface area contributed by atoms with Crippen LogP contribution in [0.4, 0.5) is 0 Å². The molecule has 0 amide bonds. The summed E-state index contributed by atoms with van der Waals surface area (Å²) in [5, 5.41) is -0.336. The lowest BCUT2D eigenvalue weighted by Crippen LogP contribution is -2.50. The molecule has 0 saturated carbocycles. The Kier molecular flexibility index (Phi) is 6.08. The van der Waals surface area contributed by atoms with Gasteiger partial charge < -0.3 is 4.74 Å². The largest absolute Gasteiger partial charge is 0.344 e. The molecule has 0 aromatic heterocycles. The van der Waals surface area contributed by atoms with E-state index in [0.717, 1.165) is 16.8 Å². The molecule has 0 spiro atoms. The number of rotatable bonds is 5. The van der Waals surface area contributed by atoms with Crippen molar-refractivity contribution >= 4 is 17.3 Å². The van der Waals surface area contributed by atoms with Crippen LogP contribution in [0.25, 0.3) is 0 Å². The van der Waals surface area contributed by atoms with Crippen molar-refractivity contribution in [3.8, 4) is 0 Å². The number of ether oxygens (including phenoxy) is 1. The third-order valence-corrected chi connectivity index (χ3v) is 6.44. The van der Waals surface area contributed by atoms with E-state index in [1.807, 2.05) is 37.3 Å². The van der Waals surface area contributed by atoms with E-state index < -0.39 is 5.72 Å². The lowest BCUT2D eigenvalue weighted by atomic mass is 9.81. The Morgan fingerprint density at radius 2 is 1.37 bits per heavy atom. The maximum absolute atomic E-state index is 6.88. The molecule has 0 N–H and O–H groups in total. The fourth-order valence-electron chi connectivity index (χ4n) is 4.41. The Morgan fingerprint density at radius 1 is 0.833 bits per heavy atom. The summed E-state index contributed by atoms with van der Waals surface area (Å²) in [6.07, 6.45) is -0.0680. The highest BCUT2D eigenvalue weighted by molar-refractivity contribution is 6.21. The lowest BCUT2D eigenvalue weighted by Gasteiger charge is -2.45. The Bertz CT molecular complexity index is 987. The minimum atomic E-state index is -0.936. The topological polar surface area (TPSA) is 21.6 Å². The average Bonchev–Trinajstić information content (AvgIpc) is 2.80. The van der Waals surface area contributed by atoms with Crippen LogP contribution in [0, 0.1) is 5.92 Å². The van der Waals surface area contributed by atoms with Gasteiger partial charge in [0, 0.05) is 17.4 Å². The summed E-state index contributed by atoms with van der Waals surface area (Å²) in [5.74, 6) is 0.309. The number of halogens is 1. The summed E-state index contributed by atoms with van der Waals surface area (Å²) in [6.45, 7) is 6.42. The third-order valence-electron chi connectivity index (χ3n) is 6.14. The Labute approximate surface area is 184 Å². The van der Waals surface area contributed by atoms with Crippen LogP contribution in [0.1, 0.15) is 43.4 Å². The number of aliphatic imine (C=N–C) groups is 1. The van der Waals surface area contributed by atoms with Gasteiger partial charge >= 0.3 is 0 Å². The molecule has 1 aliphatic heterocycles. The number of nitrogens with zero attached hydrogens (tertiary/aromatic N) is 1. The molecule has 3 aromatic rings. The first-order valence-electron chi connectivity index (χ1n) is 10.6. The van der Waals surface area contributed by atoms with Crippen LogP contribution in [-0.2, 0) is 10.5 Å². The maximum Gasteiger partial charge on any atom is 0.201 e. The van der Waals surface area contributed by atoms with E-state index >= 15 is 0 Å². The highest BCUT2D eigenvalue weighted by atomic mass is 35.5. The fourth-order valence-corrected chi connectivity index (χ4v) is 4.64. The minimum Gasteiger partial charge on any atom is -0.344 e. The first-order chi connectivity index (χ1) is 14.5. The summed E-state index contributed by atoms with van der Waals surface area (Å²) in [4.78, 5) is 5.22. The Hall–Kier alpha value is -2.42. The summed E-state index contributed by atoms with van der Waals surface area (Å²) in [5.41, 5.74) is 3.47. The van der Waals surface area contributed by atoms with Gasteiger partial charge in [0.1, 0.15) is 0 Å². The molecule has 3 heteroatoms. The zero-order chi connectivity index (χ0) is 21.1. The summed E-state index contributed by atoms with van der Waals surface area (Å²) >= 11 is 6.83. The van der Waals surface area contributed by atoms with E-state index in [9.17, 15) is 0 Å². The first kappa shape index (κ1) is 20.8. The van der Waals surface area contributed by atoms with E-state index in [0.29, 0.717) is 0 Å². The molecule has 0 radical (unpaired) electrons. The van der Waals surface area contributed by atoms with Crippen LogP contribution in [0.3, 0.4) is 0 Å². The third kappa shape index (κ3) is 3.82. The molecule has 2 nitrogen and oxygen atoms in total. The van der Waals surface area contributed by atoms with Gasteiger partial charge in [-0.3, -0.25) is 0 Å². The van der Waals surface area contributed by atoms with Gasteiger partial charge in [-0.1, -0.05) is 105 Å². The van der Waals surface area contributed by atoms with E-state index in [2.05, 4.69) is 74.5 Å². The molecule has 5 atom stereocenters. The minimum absolute atomic E-state index is 0.0680. The average molecular weight is 418 g/mol. The van der Waals surface area contributed by atoms with Crippen molar-refractivity contribution < 1.29 is 4.74 Å². The zero-order valence-corrected chi connectivity index (χ0v) is 18.5. The van der Waals surface area contributed by atoms with Gasteiger partial charge in [0.25, 0.3) is 0 Å². The molecule has 0 bridgehead atoms. The smallest absolute Gasteiger partial charge is 0.201 e. The Morgan fingerprint density at radius 3 is 1.93 bits per heavy atom. The van der Waals surface area contributed by atoms with Gasteiger partial charge in [-0.2, -0.15) is 0 Å². The van der Waals surface area contributed by atoms with Gasteiger partial charge in [0.05, 0.1) is 17.2 Å². The highest BCUT2D eigenvalue weighted by Crippen LogP contribution is 2.45. The van der Waals surface area contributed by atoms with Gasteiger partial charge in [0.2, 0.25) is 5.72 Å². The molecular weight excluding hydrogens is 390 g/mol. The SMILES string of the molecule is CC(c1ccccc1)[C@H]1O[C@@](c2ccccc2)(C(C)Cl)N=C(c2ccccc2)[C@H]1C. The van der Waals surface area contributed by atoms with Gasteiger partial charge in [-0.15, -0.1) is 11.6 Å². The molecule has 4 rings (SSSR count). The van der Waals surface area contributed by atoms with Crippen LogP contribution in [0.5, 0.6) is 0 Å². The van der Waals surface area contributed by atoms with Crippen molar-refractivity contribution in [3.05, 3.63) is 108 Å². The van der Waals surface area contributed by atoms with Crippen LogP contribution in [0.2, 0.25) is 0 Å². The molecule has 2 unspecified atom stereocenters. The van der Waals surface area contributed by atoms with E-state index in [1.165, 1.54) is 5.56 Å². The standard InChI is InChI=1S/C27H28ClNO/c1-19(22-13-7-4-8-14-22)26-20(2)25(23-15-9-5-10-16-23)29-27(30-26,21(3)28)24-17-11-6-12-18-24/h4-21,26H,1-3H3/t19?,20-,21?,26-,27-/m1/s1. The van der Waals surface area contributed by atoms with E-state index in [-0.39, 0.29) is 23.3 Å². The molecule has 1 heterocycles. The predicted octanol–water partition coefficient (Wildman–Crippen LogP) is 6.79. The van der Waals surface area contributed by atoms with Crippen molar-refractivity contribution in [1.82, 2.24) is 0 Å². The summed E-state index contributed by atoms with van der Waals surface area (Å²) < 4.78 is 6.88. The highest BCUT2D eigenvalue weighted by Gasteiger charge is 2.48. The number of hydrogen-bond acceptors (Lipinski definition) is 2. The summed E-state index contributed by atoms with van der Waals surface area (Å²) in [6, 6.07) is 31.1. The van der Waals surface area contributed by atoms with Gasteiger partial charge in [-0.05, 0) is 18.1 Å². The van der Waals surface area contributed by atoms with Crippen LogP contribution < -0.4 is 0 Å². The first-order valence-corrected chi connectivity index (χ1v) is 11.0. The van der Waals surface area contributed by atoms with Gasteiger partial charge in [-0.25, -0.2) is 4.99 Å². The van der Waals surface area contributed by atoms with Crippen molar-refractivity contribution in [2.24, 2.45) is 10.9 Å². The molecule has 0 fully saturated rings. The fraction of sp³-hybridized carbons (Fsp3) is 0.296. The Balaban J connectivity index is 1.88.